The molecule has 0 saturated carbocycles. The molecule has 8 atom stereocenters. The second-order valence-corrected chi connectivity index (χ2v) is 25.3. The Hall–Kier alpha value is -8.66. The number of esters is 1. The number of carbonyl (C=O) groups excluding carboxylic acids is 7. The molecule has 2 fully saturated rings. The number of pyridine rings is 2. The number of aliphatic hydroxyl groups is 1. The van der Waals surface area contributed by atoms with E-state index in [9.17, 15) is 48.6 Å². The number of nitrogens with one attached hydrogen (secondary N) is 6. The van der Waals surface area contributed by atoms with Gasteiger partial charge in [-0.1, -0.05) is 88.4 Å². The van der Waals surface area contributed by atoms with E-state index in [1.165, 1.54) is 16.9 Å². The van der Waals surface area contributed by atoms with Gasteiger partial charge in [-0.15, -0.1) is 0 Å². The molecule has 8 N–H and O–H groups in total. The number of hydrazine groups is 2. The minimum Gasteiger partial charge on any atom is -0.480 e. The Labute approximate surface area is 519 Å². The summed E-state index contributed by atoms with van der Waals surface area (Å²) in [6.07, 6.45) is 4.51. The van der Waals surface area contributed by atoms with Gasteiger partial charge in [0.2, 0.25) is 23.6 Å². The van der Waals surface area contributed by atoms with Crippen LogP contribution in [-0.2, 0) is 53.9 Å². The van der Waals surface area contributed by atoms with Crippen LogP contribution in [0.1, 0.15) is 143 Å². The largest absolute Gasteiger partial charge is 0.480 e. The maximum atomic E-state index is 13.7. The molecule has 3 aliphatic heterocycles. The summed E-state index contributed by atoms with van der Waals surface area (Å²) >= 11 is 0. The Kier molecular flexibility index (Phi) is 20.7. The van der Waals surface area contributed by atoms with E-state index >= 15 is 0 Å². The van der Waals surface area contributed by atoms with E-state index in [2.05, 4.69) is 42.1 Å². The third-order valence-electron chi connectivity index (χ3n) is 17.0. The van der Waals surface area contributed by atoms with Crippen molar-refractivity contribution in [2.45, 2.75) is 168 Å². The summed E-state index contributed by atoms with van der Waals surface area (Å²) in [6, 6.07) is 25.6. The number of ether oxygens (including phenoxy) is 1. The topological polar surface area (TPSA) is 291 Å². The van der Waals surface area contributed by atoms with Crippen LogP contribution >= 0.6 is 0 Å². The SMILES string of the molecule is CC(C)[C@@H]1NC(=O)C(C)(C)c2cccc(c2)-c2cc3cc(ccc3cn2)[C@@H](C)OC(=O)C2CCCN(N2)C(=O)[C@H](C)NC1=O.CC(C)[C@H](NC(=O)C(C)(C)c1cccc(-c2cc3cc([C@@H](C)O)ccc3cn2)c1)C(=O)N[C@@H](C)C(=O)N1CCC[C@@H](C(=O)O)N1. The first kappa shape index (κ1) is 66.3. The number of nitrogens with zero attached hydrogens (tertiary/aromatic N) is 4. The van der Waals surface area contributed by atoms with Crippen molar-refractivity contribution >= 4 is 68.9 Å². The summed E-state index contributed by atoms with van der Waals surface area (Å²) < 4.78 is 5.86. The van der Waals surface area contributed by atoms with Gasteiger partial charge in [-0.3, -0.25) is 58.3 Å². The fraction of sp³-hybridized carbons (Fsp3) is 0.441. The summed E-state index contributed by atoms with van der Waals surface area (Å²) in [5, 5.41) is 37.0. The monoisotopic (exact) mass is 1220 g/mol. The van der Waals surface area contributed by atoms with Crippen molar-refractivity contribution < 1.29 is 53.3 Å². The fourth-order valence-corrected chi connectivity index (χ4v) is 11.0. The Morgan fingerprint density at radius 1 is 0.730 bits per heavy atom. The van der Waals surface area contributed by atoms with Crippen molar-refractivity contribution in [2.24, 2.45) is 11.8 Å². The van der Waals surface area contributed by atoms with Gasteiger partial charge < -0.3 is 36.2 Å². The lowest BCUT2D eigenvalue weighted by Gasteiger charge is -2.35. The van der Waals surface area contributed by atoms with Crippen LogP contribution in [0.15, 0.2) is 109 Å². The predicted octanol–water partition coefficient (Wildman–Crippen LogP) is 7.40. The van der Waals surface area contributed by atoms with E-state index in [4.69, 9.17) is 4.74 Å². The number of amides is 6. The quantitative estimate of drug-likeness (QED) is 0.0587. The van der Waals surface area contributed by atoms with Gasteiger partial charge in [0.1, 0.15) is 42.4 Å². The molecular formula is C68H84N10O11. The van der Waals surface area contributed by atoms with E-state index in [-0.39, 0.29) is 29.6 Å². The molecule has 0 aliphatic carbocycles. The maximum absolute atomic E-state index is 13.7. The van der Waals surface area contributed by atoms with E-state index in [0.717, 1.165) is 66.3 Å². The van der Waals surface area contributed by atoms with Crippen LogP contribution in [-0.4, -0.2) is 127 Å². The molecule has 2 saturated heterocycles. The molecule has 472 valence electrons. The van der Waals surface area contributed by atoms with Gasteiger partial charge in [0.15, 0.2) is 0 Å². The third kappa shape index (κ3) is 15.4. The van der Waals surface area contributed by atoms with Crippen molar-refractivity contribution in [3.8, 4) is 22.5 Å². The summed E-state index contributed by atoms with van der Waals surface area (Å²) in [5.41, 5.74) is 9.98. The lowest BCUT2D eigenvalue weighted by atomic mass is 9.82. The number of carboxylic acids is 1. The molecule has 2 aromatic heterocycles. The van der Waals surface area contributed by atoms with Gasteiger partial charge in [-0.2, -0.15) is 0 Å². The zero-order chi connectivity index (χ0) is 64.8. The average Bonchev–Trinajstić information content (AvgIpc) is 1.26. The van der Waals surface area contributed by atoms with Crippen LogP contribution in [0.25, 0.3) is 44.1 Å². The lowest BCUT2D eigenvalue weighted by molar-refractivity contribution is -0.157. The Morgan fingerprint density at radius 3 is 2.00 bits per heavy atom. The zero-order valence-electron chi connectivity index (χ0n) is 52.8. The molecule has 21 heteroatoms. The molecular weight excluding hydrogens is 1130 g/mol. The molecule has 89 heavy (non-hydrogen) atoms. The molecule has 1 unspecified atom stereocenters. The Bertz CT molecular complexity index is 3660. The van der Waals surface area contributed by atoms with Crippen molar-refractivity contribution in [2.75, 3.05) is 13.1 Å². The number of benzene rings is 4. The molecule has 4 aromatic carbocycles. The number of fused-ring (bicyclic) bond motifs is 8. The second-order valence-electron chi connectivity index (χ2n) is 25.3. The number of rotatable bonds is 11. The van der Waals surface area contributed by atoms with Gasteiger partial charge in [0, 0.05) is 47.4 Å². The minimum absolute atomic E-state index is 0.241. The maximum Gasteiger partial charge on any atom is 0.325 e. The highest BCUT2D eigenvalue weighted by atomic mass is 16.5. The predicted molar refractivity (Wildman–Crippen MR) is 338 cm³/mol. The standard InChI is InChI=1S/C34H43N5O6.C34H41N5O5/c1-19(2)29(30(41)36-20(3)31(42)39-14-8-11-27(38-39)32(43)44)37-33(45)34(5,6)26-10-7-9-23(16-26)28-17-25-15-22(21(4)40)12-13-24(25)18-35-28;1-19(2)29-30(40)36-20(3)31(41)39-14-8-11-27(38-39)32(42)44-21(4)22-12-13-24-18-35-28(17-25(24)15-22)23-9-7-10-26(16-23)34(5,6)33(43)37-29/h7,9-10,12-13,15-21,27,29,38,40H,8,11,14H2,1-6H3,(H,36,41)(H,37,45)(H,43,44);7,9-10,12-13,15-21,27,29,38H,8,11,14H2,1-6H3,(H,36,40)(H,37,43)/t20-,21+,27-,29-;20-,21+,27?,29-/m00/s1. The number of hydrogen-bond acceptors (Lipinski definition) is 14. The summed E-state index contributed by atoms with van der Waals surface area (Å²) in [4.78, 5) is 114. The van der Waals surface area contributed by atoms with E-state index in [0.29, 0.717) is 38.8 Å². The molecule has 0 radical (unpaired) electrons. The molecule has 21 nitrogen and oxygen atoms in total. The van der Waals surface area contributed by atoms with Gasteiger partial charge in [-0.05, 0) is 162 Å². The number of carbonyl (C=O) groups is 8. The van der Waals surface area contributed by atoms with Crippen molar-refractivity contribution in [3.63, 3.8) is 0 Å². The van der Waals surface area contributed by atoms with Crippen LogP contribution in [0.4, 0.5) is 0 Å². The summed E-state index contributed by atoms with van der Waals surface area (Å²) in [6.45, 7) is 21.9. The van der Waals surface area contributed by atoms with Crippen molar-refractivity contribution in [3.05, 3.63) is 132 Å². The third-order valence-corrected chi connectivity index (χ3v) is 17.0. The van der Waals surface area contributed by atoms with Crippen LogP contribution < -0.4 is 32.1 Å². The normalized spacial score (nSPS) is 21.1. The number of hydrogen-bond donors (Lipinski definition) is 8. The van der Waals surface area contributed by atoms with Crippen LogP contribution in [0.5, 0.6) is 0 Å². The first-order chi connectivity index (χ1) is 42.0. The first-order valence-corrected chi connectivity index (χ1v) is 30.5. The zero-order valence-corrected chi connectivity index (χ0v) is 52.8. The molecule has 5 heterocycles. The summed E-state index contributed by atoms with van der Waals surface area (Å²) in [7, 11) is 0. The highest BCUT2D eigenvalue weighted by molar-refractivity contribution is 5.97. The van der Waals surface area contributed by atoms with Gasteiger partial charge in [-0.25, -0.2) is 10.9 Å². The molecule has 7 bridgehead atoms. The van der Waals surface area contributed by atoms with Crippen LogP contribution in [0.2, 0.25) is 0 Å². The highest BCUT2D eigenvalue weighted by Gasteiger charge is 2.39. The minimum atomic E-state index is -1.04. The van der Waals surface area contributed by atoms with Crippen molar-refractivity contribution in [1.29, 1.82) is 0 Å². The van der Waals surface area contributed by atoms with Gasteiger partial charge >= 0.3 is 11.9 Å². The number of aliphatic carboxylic acids is 1. The second kappa shape index (κ2) is 27.8. The number of carboxylic acid groups (broad SMARTS) is 1. The number of aliphatic hydroxyl groups excluding tert-OH is 1. The Morgan fingerprint density at radius 2 is 1.36 bits per heavy atom. The smallest absolute Gasteiger partial charge is 0.325 e. The number of aromatic nitrogens is 2. The van der Waals surface area contributed by atoms with E-state index in [1.807, 2.05) is 146 Å². The van der Waals surface area contributed by atoms with Crippen molar-refractivity contribution in [1.82, 2.24) is 52.1 Å². The molecule has 9 rings (SSSR count). The fourth-order valence-electron chi connectivity index (χ4n) is 11.0. The molecule has 3 aliphatic rings. The Balaban J connectivity index is 0.000000230. The van der Waals surface area contributed by atoms with Gasteiger partial charge in [0.25, 0.3) is 11.8 Å². The first-order valence-electron chi connectivity index (χ1n) is 30.5. The lowest BCUT2D eigenvalue weighted by Crippen LogP contribution is -2.61. The average molecular weight is 1220 g/mol. The van der Waals surface area contributed by atoms with Gasteiger partial charge in [0.05, 0.1) is 28.3 Å². The van der Waals surface area contributed by atoms with E-state index < -0.39 is 88.9 Å². The molecule has 6 aromatic rings. The molecule has 0 spiro atoms. The number of cyclic esters (lactones) is 1. The van der Waals surface area contributed by atoms with E-state index in [1.54, 1.807) is 40.1 Å². The highest BCUT2D eigenvalue weighted by Crippen LogP contribution is 2.33. The molecule has 6 amide bonds. The van der Waals surface area contributed by atoms with Crippen LogP contribution in [0.3, 0.4) is 0 Å². The van der Waals surface area contributed by atoms with Crippen LogP contribution in [0, 0.1) is 11.8 Å². The summed E-state index contributed by atoms with van der Waals surface area (Å²) in [5.74, 6) is -4.48.